The Kier molecular flexibility index (Phi) is 5.56. The Morgan fingerprint density at radius 2 is 1.96 bits per heavy atom. The van der Waals surface area contributed by atoms with Gasteiger partial charge in [-0.05, 0) is 87.7 Å². The Balaban J connectivity index is 1.39. The second-order valence-electron chi connectivity index (χ2n) is 9.37. The van der Waals surface area contributed by atoms with E-state index in [2.05, 4.69) is 39.4 Å². The minimum Gasteiger partial charge on any atom is -0.355 e. The second-order valence-corrected chi connectivity index (χ2v) is 9.37. The number of carbonyl (C=O) groups is 1. The Labute approximate surface area is 164 Å². The van der Waals surface area contributed by atoms with Crippen molar-refractivity contribution < 1.29 is 4.79 Å². The van der Waals surface area contributed by atoms with Gasteiger partial charge >= 0.3 is 0 Å². The van der Waals surface area contributed by atoms with Gasteiger partial charge in [-0.25, -0.2) is 0 Å². The minimum absolute atomic E-state index is 0.208. The summed E-state index contributed by atoms with van der Waals surface area (Å²) in [4.78, 5) is 17.3. The number of hydrogen-bond acceptors (Lipinski definition) is 3. The number of benzene rings is 1. The average molecular weight is 370 g/mol. The monoisotopic (exact) mass is 369 g/mol. The van der Waals surface area contributed by atoms with Crippen LogP contribution in [0.25, 0.3) is 0 Å². The standard InChI is InChI=1S/C23H35N3O/c1-25(2)14-11-24-22(27)15-19-16-23(21-6-4-3-5-20(19)21)9-12-26(13-10-23)17-18-7-8-18/h3-6,18-19H,7-17H2,1-2H3,(H,24,27). The third-order valence-corrected chi connectivity index (χ3v) is 6.95. The van der Waals surface area contributed by atoms with E-state index >= 15 is 0 Å². The number of rotatable bonds is 7. The molecule has 1 unspecified atom stereocenters. The summed E-state index contributed by atoms with van der Waals surface area (Å²) in [5.41, 5.74) is 3.30. The smallest absolute Gasteiger partial charge is 0.220 e. The highest BCUT2D eigenvalue weighted by Gasteiger charge is 2.45. The quantitative estimate of drug-likeness (QED) is 0.803. The van der Waals surface area contributed by atoms with Crippen molar-refractivity contribution in [2.75, 3.05) is 46.8 Å². The maximum atomic E-state index is 12.5. The fourth-order valence-corrected chi connectivity index (χ4v) is 5.23. The Hall–Kier alpha value is -1.39. The number of amides is 1. The molecular weight excluding hydrogens is 334 g/mol. The molecule has 1 heterocycles. The van der Waals surface area contributed by atoms with Gasteiger partial charge in [0.2, 0.25) is 5.91 Å². The van der Waals surface area contributed by atoms with Crippen molar-refractivity contribution in [1.82, 2.24) is 15.1 Å². The third kappa shape index (κ3) is 4.38. The summed E-state index contributed by atoms with van der Waals surface area (Å²) in [5.74, 6) is 1.57. The summed E-state index contributed by atoms with van der Waals surface area (Å²) in [6.45, 7) is 5.41. The maximum Gasteiger partial charge on any atom is 0.220 e. The van der Waals surface area contributed by atoms with Crippen LogP contribution in [0.5, 0.6) is 0 Å². The van der Waals surface area contributed by atoms with Crippen molar-refractivity contribution in [2.45, 2.75) is 49.9 Å². The van der Waals surface area contributed by atoms with Crippen molar-refractivity contribution in [3.8, 4) is 0 Å². The maximum absolute atomic E-state index is 12.5. The molecule has 0 bridgehead atoms. The molecule has 0 radical (unpaired) electrons. The van der Waals surface area contributed by atoms with E-state index in [0.717, 1.165) is 25.4 Å². The van der Waals surface area contributed by atoms with E-state index in [-0.39, 0.29) is 5.91 Å². The highest BCUT2D eigenvalue weighted by atomic mass is 16.1. The number of fused-ring (bicyclic) bond motifs is 2. The first-order valence-corrected chi connectivity index (χ1v) is 10.8. The van der Waals surface area contributed by atoms with Gasteiger partial charge in [0.05, 0.1) is 0 Å². The highest BCUT2D eigenvalue weighted by molar-refractivity contribution is 5.77. The molecule has 4 heteroatoms. The molecule has 0 aromatic heterocycles. The van der Waals surface area contributed by atoms with E-state index in [9.17, 15) is 4.79 Å². The van der Waals surface area contributed by atoms with Gasteiger partial charge in [0.25, 0.3) is 0 Å². The van der Waals surface area contributed by atoms with E-state index < -0.39 is 0 Å². The van der Waals surface area contributed by atoms with Gasteiger partial charge in [0.15, 0.2) is 0 Å². The molecule has 1 spiro atoms. The number of carbonyl (C=O) groups excluding carboxylic acids is 1. The van der Waals surface area contributed by atoms with Crippen molar-refractivity contribution in [1.29, 1.82) is 0 Å². The van der Waals surface area contributed by atoms with E-state index in [1.165, 1.54) is 50.9 Å². The number of likely N-dealkylation sites (N-methyl/N-ethyl adjacent to an activating group) is 1. The normalized spacial score (nSPS) is 24.3. The van der Waals surface area contributed by atoms with Crippen LogP contribution in [0.4, 0.5) is 0 Å². The van der Waals surface area contributed by atoms with Crippen LogP contribution in [-0.4, -0.2) is 62.5 Å². The number of nitrogens with one attached hydrogen (secondary N) is 1. The summed E-state index contributed by atoms with van der Waals surface area (Å²) >= 11 is 0. The number of nitrogens with zero attached hydrogens (tertiary/aromatic N) is 2. The molecule has 1 saturated heterocycles. The van der Waals surface area contributed by atoms with Crippen LogP contribution in [-0.2, 0) is 10.2 Å². The topological polar surface area (TPSA) is 35.6 Å². The van der Waals surface area contributed by atoms with Gasteiger partial charge in [-0.15, -0.1) is 0 Å². The molecule has 27 heavy (non-hydrogen) atoms. The van der Waals surface area contributed by atoms with Crippen LogP contribution in [0.15, 0.2) is 24.3 Å². The molecule has 1 N–H and O–H groups in total. The lowest BCUT2D eigenvalue weighted by Gasteiger charge is -2.40. The molecule has 4 rings (SSSR count). The van der Waals surface area contributed by atoms with Gasteiger partial charge in [0, 0.05) is 26.1 Å². The van der Waals surface area contributed by atoms with Crippen LogP contribution in [0.2, 0.25) is 0 Å². The van der Waals surface area contributed by atoms with E-state index in [0.29, 0.717) is 17.8 Å². The van der Waals surface area contributed by atoms with Crippen LogP contribution in [0, 0.1) is 5.92 Å². The van der Waals surface area contributed by atoms with Crippen LogP contribution < -0.4 is 5.32 Å². The molecule has 4 nitrogen and oxygen atoms in total. The van der Waals surface area contributed by atoms with Crippen molar-refractivity contribution in [3.05, 3.63) is 35.4 Å². The zero-order valence-electron chi connectivity index (χ0n) is 17.0. The lowest BCUT2D eigenvalue weighted by atomic mass is 9.73. The van der Waals surface area contributed by atoms with Gasteiger partial charge in [-0.1, -0.05) is 24.3 Å². The molecule has 2 fully saturated rings. The minimum atomic E-state index is 0.208. The molecule has 1 aliphatic heterocycles. The van der Waals surface area contributed by atoms with Gasteiger partial charge in [0.1, 0.15) is 0 Å². The second kappa shape index (κ2) is 7.92. The fourth-order valence-electron chi connectivity index (χ4n) is 5.23. The predicted octanol–water partition coefficient (Wildman–Crippen LogP) is 2.99. The van der Waals surface area contributed by atoms with E-state index in [1.54, 1.807) is 5.56 Å². The zero-order valence-corrected chi connectivity index (χ0v) is 17.0. The van der Waals surface area contributed by atoms with Crippen molar-refractivity contribution in [3.63, 3.8) is 0 Å². The lowest BCUT2D eigenvalue weighted by molar-refractivity contribution is -0.121. The summed E-state index contributed by atoms with van der Waals surface area (Å²) in [6.07, 6.45) is 7.19. The molecule has 1 aromatic carbocycles. The average Bonchev–Trinajstić information content (AvgIpc) is 3.42. The highest BCUT2D eigenvalue weighted by Crippen LogP contribution is 2.52. The SMILES string of the molecule is CN(C)CCNC(=O)CC1CC2(CCN(CC3CC3)CC2)c2ccccc21. The van der Waals surface area contributed by atoms with Gasteiger partial charge in [-0.2, -0.15) is 0 Å². The Bertz CT molecular complexity index is 659. The molecular formula is C23H35N3O. The van der Waals surface area contributed by atoms with Gasteiger partial charge < -0.3 is 15.1 Å². The number of likely N-dealkylation sites (tertiary alicyclic amines) is 1. The number of hydrogen-bond donors (Lipinski definition) is 1. The Morgan fingerprint density at radius 3 is 2.67 bits per heavy atom. The molecule has 2 aliphatic carbocycles. The van der Waals surface area contributed by atoms with Crippen LogP contribution >= 0.6 is 0 Å². The predicted molar refractivity (Wildman–Crippen MR) is 110 cm³/mol. The molecule has 1 saturated carbocycles. The van der Waals surface area contributed by atoms with Crippen LogP contribution in [0.1, 0.15) is 55.6 Å². The summed E-state index contributed by atoms with van der Waals surface area (Å²) in [7, 11) is 4.08. The lowest BCUT2D eigenvalue weighted by Crippen LogP contribution is -2.42. The van der Waals surface area contributed by atoms with E-state index in [4.69, 9.17) is 0 Å². The third-order valence-electron chi connectivity index (χ3n) is 6.95. The molecule has 148 valence electrons. The van der Waals surface area contributed by atoms with E-state index in [1.807, 2.05) is 14.1 Å². The first kappa shape index (κ1) is 18.9. The Morgan fingerprint density at radius 1 is 1.22 bits per heavy atom. The van der Waals surface area contributed by atoms with Crippen LogP contribution in [0.3, 0.4) is 0 Å². The van der Waals surface area contributed by atoms with Crippen molar-refractivity contribution >= 4 is 5.91 Å². The molecule has 3 aliphatic rings. The summed E-state index contributed by atoms with van der Waals surface area (Å²) in [5, 5.41) is 3.11. The first-order valence-electron chi connectivity index (χ1n) is 10.8. The summed E-state index contributed by atoms with van der Waals surface area (Å²) in [6, 6.07) is 8.96. The summed E-state index contributed by atoms with van der Waals surface area (Å²) < 4.78 is 0. The molecule has 1 aromatic rings. The van der Waals surface area contributed by atoms with Gasteiger partial charge in [-0.3, -0.25) is 4.79 Å². The molecule has 1 amide bonds. The number of piperidine rings is 1. The first-order chi connectivity index (χ1) is 13.1. The largest absolute Gasteiger partial charge is 0.355 e. The van der Waals surface area contributed by atoms with Crippen molar-refractivity contribution in [2.24, 2.45) is 5.92 Å². The molecule has 1 atom stereocenters. The zero-order chi connectivity index (χ0) is 18.9. The fraction of sp³-hybridized carbons (Fsp3) is 0.696.